The molecule has 0 unspecified atom stereocenters. The van der Waals surface area contributed by atoms with Crippen molar-refractivity contribution < 1.29 is 14.7 Å². The molecule has 1 heterocycles. The van der Waals surface area contributed by atoms with Gasteiger partial charge >= 0.3 is 12.0 Å². The second kappa shape index (κ2) is 6.78. The third kappa shape index (κ3) is 5.09. The summed E-state index contributed by atoms with van der Waals surface area (Å²) in [7, 11) is 0. The Labute approximate surface area is 115 Å². The zero-order chi connectivity index (χ0) is 14.5. The smallest absolute Gasteiger partial charge is 0.323 e. The molecule has 0 atom stereocenters. The molecule has 0 aromatic rings. The lowest BCUT2D eigenvalue weighted by atomic mass is 10.1. The van der Waals surface area contributed by atoms with E-state index in [1.807, 2.05) is 25.7 Å². The number of carbonyl (C=O) groups is 2. The summed E-state index contributed by atoms with van der Waals surface area (Å²) < 4.78 is 0. The van der Waals surface area contributed by atoms with Gasteiger partial charge in [0, 0.05) is 18.6 Å². The quantitative estimate of drug-likeness (QED) is 0.839. The normalized spacial score (nSPS) is 17.5. The highest BCUT2D eigenvalue weighted by molar-refractivity contribution is 5.80. The third-order valence-corrected chi connectivity index (χ3v) is 3.46. The van der Waals surface area contributed by atoms with E-state index < -0.39 is 11.5 Å². The van der Waals surface area contributed by atoms with Gasteiger partial charge in [0.1, 0.15) is 6.54 Å². The molecule has 0 saturated carbocycles. The summed E-state index contributed by atoms with van der Waals surface area (Å²) in [5, 5.41) is 8.98. The SMILES string of the molecule is CC(C)(C)N(CC(=O)O)C(=O)N1CCCCCCC1. The molecule has 5 nitrogen and oxygen atoms in total. The summed E-state index contributed by atoms with van der Waals surface area (Å²) >= 11 is 0. The van der Waals surface area contributed by atoms with E-state index in [-0.39, 0.29) is 12.6 Å². The number of urea groups is 1. The second-order valence-electron chi connectivity index (χ2n) is 6.19. The number of aliphatic carboxylic acids is 1. The van der Waals surface area contributed by atoms with Crippen molar-refractivity contribution >= 4 is 12.0 Å². The molecular weight excluding hydrogens is 244 g/mol. The molecular formula is C14H26N2O3. The van der Waals surface area contributed by atoms with E-state index in [2.05, 4.69) is 0 Å². The molecule has 0 aliphatic carbocycles. The Morgan fingerprint density at radius 1 is 1.05 bits per heavy atom. The van der Waals surface area contributed by atoms with Crippen molar-refractivity contribution in [3.63, 3.8) is 0 Å². The lowest BCUT2D eigenvalue weighted by Crippen LogP contribution is -2.54. The lowest BCUT2D eigenvalue weighted by molar-refractivity contribution is -0.138. The summed E-state index contributed by atoms with van der Waals surface area (Å²) in [5.74, 6) is -0.963. The van der Waals surface area contributed by atoms with Crippen LogP contribution in [0.4, 0.5) is 4.79 Å². The minimum Gasteiger partial charge on any atom is -0.480 e. The molecule has 1 saturated heterocycles. The molecule has 1 fully saturated rings. The number of carbonyl (C=O) groups excluding carboxylic acids is 1. The van der Waals surface area contributed by atoms with E-state index in [1.165, 1.54) is 11.3 Å². The number of carboxylic acids is 1. The highest BCUT2D eigenvalue weighted by Gasteiger charge is 2.31. The first-order valence-electron chi connectivity index (χ1n) is 7.10. The first-order valence-corrected chi connectivity index (χ1v) is 7.10. The number of hydrogen-bond acceptors (Lipinski definition) is 2. The minimum atomic E-state index is -0.963. The van der Waals surface area contributed by atoms with Crippen LogP contribution in [0.15, 0.2) is 0 Å². The molecule has 19 heavy (non-hydrogen) atoms. The average Bonchev–Trinajstić information content (AvgIpc) is 2.22. The van der Waals surface area contributed by atoms with Crippen LogP contribution in [0.5, 0.6) is 0 Å². The summed E-state index contributed by atoms with van der Waals surface area (Å²) in [4.78, 5) is 26.8. The summed E-state index contributed by atoms with van der Waals surface area (Å²) in [5.41, 5.74) is -0.474. The summed E-state index contributed by atoms with van der Waals surface area (Å²) in [6.07, 6.45) is 5.56. The van der Waals surface area contributed by atoms with Crippen molar-refractivity contribution in [2.45, 2.75) is 58.4 Å². The van der Waals surface area contributed by atoms with Crippen LogP contribution in [0.3, 0.4) is 0 Å². The summed E-state index contributed by atoms with van der Waals surface area (Å²) in [6, 6.07) is -0.142. The zero-order valence-electron chi connectivity index (χ0n) is 12.3. The van der Waals surface area contributed by atoms with E-state index in [4.69, 9.17) is 5.11 Å². The van der Waals surface area contributed by atoms with Gasteiger partial charge in [-0.25, -0.2) is 4.79 Å². The number of hydrogen-bond donors (Lipinski definition) is 1. The van der Waals surface area contributed by atoms with Crippen LogP contribution in [-0.2, 0) is 4.79 Å². The van der Waals surface area contributed by atoms with Gasteiger partial charge in [-0.1, -0.05) is 19.3 Å². The van der Waals surface area contributed by atoms with Crippen LogP contribution in [0.1, 0.15) is 52.9 Å². The number of rotatable bonds is 2. The molecule has 1 aliphatic rings. The Hall–Kier alpha value is -1.26. The first kappa shape index (κ1) is 15.8. The molecule has 5 heteroatoms. The molecule has 0 spiro atoms. The molecule has 110 valence electrons. The van der Waals surface area contributed by atoms with Gasteiger partial charge < -0.3 is 14.9 Å². The van der Waals surface area contributed by atoms with Crippen molar-refractivity contribution in [1.29, 1.82) is 0 Å². The average molecular weight is 270 g/mol. The molecule has 0 bridgehead atoms. The minimum absolute atomic E-state index is 0.142. The number of carboxylic acid groups (broad SMARTS) is 1. The number of amides is 2. The number of likely N-dealkylation sites (tertiary alicyclic amines) is 1. The van der Waals surface area contributed by atoms with Gasteiger partial charge in [0.15, 0.2) is 0 Å². The highest BCUT2D eigenvalue weighted by atomic mass is 16.4. The van der Waals surface area contributed by atoms with Crippen molar-refractivity contribution in [3.8, 4) is 0 Å². The predicted molar refractivity (Wildman–Crippen MR) is 74.1 cm³/mol. The van der Waals surface area contributed by atoms with Crippen molar-refractivity contribution in [2.24, 2.45) is 0 Å². The first-order chi connectivity index (χ1) is 8.82. The standard InChI is InChI=1S/C14H26N2O3/c1-14(2,3)16(11-12(17)18)13(19)15-9-7-5-4-6-8-10-15/h4-11H2,1-3H3,(H,17,18). The van der Waals surface area contributed by atoms with Gasteiger partial charge in [0.05, 0.1) is 0 Å². The molecule has 1 aliphatic heterocycles. The van der Waals surface area contributed by atoms with Gasteiger partial charge in [-0.3, -0.25) is 4.79 Å². The van der Waals surface area contributed by atoms with Gasteiger partial charge in [-0.15, -0.1) is 0 Å². The van der Waals surface area contributed by atoms with Crippen LogP contribution in [0.25, 0.3) is 0 Å². The Morgan fingerprint density at radius 2 is 1.53 bits per heavy atom. The fourth-order valence-corrected chi connectivity index (χ4v) is 2.34. The molecule has 1 N–H and O–H groups in total. The van der Waals surface area contributed by atoms with Crippen molar-refractivity contribution in [3.05, 3.63) is 0 Å². The van der Waals surface area contributed by atoms with E-state index in [0.717, 1.165) is 38.8 Å². The predicted octanol–water partition coefficient (Wildman–Crippen LogP) is 2.56. The van der Waals surface area contributed by atoms with E-state index >= 15 is 0 Å². The van der Waals surface area contributed by atoms with Crippen LogP contribution in [-0.4, -0.2) is 52.1 Å². The second-order valence-corrected chi connectivity index (χ2v) is 6.19. The number of nitrogens with zero attached hydrogens (tertiary/aromatic N) is 2. The van der Waals surface area contributed by atoms with E-state index in [0.29, 0.717) is 0 Å². The molecule has 0 radical (unpaired) electrons. The van der Waals surface area contributed by atoms with Crippen LogP contribution in [0, 0.1) is 0 Å². The van der Waals surface area contributed by atoms with Crippen LogP contribution < -0.4 is 0 Å². The maximum absolute atomic E-state index is 12.5. The van der Waals surface area contributed by atoms with Gasteiger partial charge in [0.2, 0.25) is 0 Å². The van der Waals surface area contributed by atoms with E-state index in [9.17, 15) is 9.59 Å². The topological polar surface area (TPSA) is 60.9 Å². The highest BCUT2D eigenvalue weighted by Crippen LogP contribution is 2.18. The monoisotopic (exact) mass is 270 g/mol. The third-order valence-electron chi connectivity index (χ3n) is 3.46. The van der Waals surface area contributed by atoms with Gasteiger partial charge in [-0.2, -0.15) is 0 Å². The molecule has 0 aromatic carbocycles. The fourth-order valence-electron chi connectivity index (χ4n) is 2.34. The lowest BCUT2D eigenvalue weighted by Gasteiger charge is -2.38. The Morgan fingerprint density at radius 3 is 1.95 bits per heavy atom. The maximum Gasteiger partial charge on any atom is 0.323 e. The largest absolute Gasteiger partial charge is 0.480 e. The Balaban J connectivity index is 2.76. The van der Waals surface area contributed by atoms with Crippen LogP contribution >= 0.6 is 0 Å². The maximum atomic E-state index is 12.5. The van der Waals surface area contributed by atoms with Crippen molar-refractivity contribution in [2.75, 3.05) is 19.6 Å². The molecule has 0 aromatic heterocycles. The summed E-state index contributed by atoms with van der Waals surface area (Å²) in [6.45, 7) is 6.86. The van der Waals surface area contributed by atoms with Gasteiger partial charge in [0.25, 0.3) is 0 Å². The van der Waals surface area contributed by atoms with Crippen LogP contribution in [0.2, 0.25) is 0 Å². The molecule has 1 rings (SSSR count). The van der Waals surface area contributed by atoms with Gasteiger partial charge in [-0.05, 0) is 33.6 Å². The Bertz CT molecular complexity index is 315. The van der Waals surface area contributed by atoms with Crippen molar-refractivity contribution in [1.82, 2.24) is 9.80 Å². The fraction of sp³-hybridized carbons (Fsp3) is 0.857. The Kier molecular flexibility index (Phi) is 5.63. The van der Waals surface area contributed by atoms with E-state index in [1.54, 1.807) is 0 Å². The zero-order valence-corrected chi connectivity index (χ0v) is 12.3. The molecule has 2 amide bonds.